The standard InChI is InChI=1S/C20H22O3/c1-5-15-11-10-14(3)19(12-15)23-18(6-2)16-8-7-9-17(13-16)20(21)22-4/h6-13H,5H2,1-4H3. The summed E-state index contributed by atoms with van der Waals surface area (Å²) < 4.78 is 10.9. The lowest BCUT2D eigenvalue weighted by atomic mass is 10.1. The number of methoxy groups -OCH3 is 1. The van der Waals surface area contributed by atoms with Gasteiger partial charge in [0, 0.05) is 5.56 Å². The molecular formula is C20H22O3. The zero-order valence-corrected chi connectivity index (χ0v) is 14.1. The Morgan fingerprint density at radius 2 is 1.87 bits per heavy atom. The summed E-state index contributed by atoms with van der Waals surface area (Å²) in [7, 11) is 1.38. The van der Waals surface area contributed by atoms with Crippen molar-refractivity contribution in [1.82, 2.24) is 0 Å². The Bertz CT molecular complexity index is 729. The van der Waals surface area contributed by atoms with Crippen molar-refractivity contribution in [3.8, 4) is 5.75 Å². The summed E-state index contributed by atoms with van der Waals surface area (Å²) in [5, 5.41) is 0. The maximum absolute atomic E-state index is 11.7. The maximum Gasteiger partial charge on any atom is 0.337 e. The summed E-state index contributed by atoms with van der Waals surface area (Å²) in [5.41, 5.74) is 3.65. The van der Waals surface area contributed by atoms with Crippen LogP contribution in [0, 0.1) is 6.92 Å². The van der Waals surface area contributed by atoms with E-state index < -0.39 is 0 Å². The van der Waals surface area contributed by atoms with Crippen molar-refractivity contribution >= 4 is 11.7 Å². The Morgan fingerprint density at radius 1 is 1.13 bits per heavy atom. The molecule has 120 valence electrons. The van der Waals surface area contributed by atoms with E-state index >= 15 is 0 Å². The molecule has 0 aliphatic carbocycles. The van der Waals surface area contributed by atoms with Gasteiger partial charge in [0.15, 0.2) is 0 Å². The third kappa shape index (κ3) is 4.01. The van der Waals surface area contributed by atoms with Gasteiger partial charge in [0.2, 0.25) is 0 Å². The molecule has 0 saturated heterocycles. The predicted octanol–water partition coefficient (Wildman–Crippen LogP) is 4.78. The van der Waals surface area contributed by atoms with E-state index in [1.807, 2.05) is 32.1 Å². The first kappa shape index (κ1) is 16.8. The summed E-state index contributed by atoms with van der Waals surface area (Å²) in [4.78, 5) is 11.7. The van der Waals surface area contributed by atoms with Crippen molar-refractivity contribution < 1.29 is 14.3 Å². The average molecular weight is 310 g/mol. The summed E-state index contributed by atoms with van der Waals surface area (Å²) in [6.45, 7) is 6.05. The number of allylic oxidation sites excluding steroid dienone is 1. The molecule has 0 amide bonds. The van der Waals surface area contributed by atoms with Crippen LogP contribution in [0.25, 0.3) is 5.76 Å². The molecule has 2 rings (SSSR count). The van der Waals surface area contributed by atoms with Crippen LogP contribution in [0.4, 0.5) is 0 Å². The van der Waals surface area contributed by atoms with Crippen LogP contribution in [0.3, 0.4) is 0 Å². The smallest absolute Gasteiger partial charge is 0.337 e. The molecule has 3 heteroatoms. The van der Waals surface area contributed by atoms with E-state index in [-0.39, 0.29) is 5.97 Å². The van der Waals surface area contributed by atoms with Gasteiger partial charge in [0.05, 0.1) is 12.7 Å². The van der Waals surface area contributed by atoms with E-state index in [0.29, 0.717) is 11.3 Å². The van der Waals surface area contributed by atoms with Gasteiger partial charge in [-0.1, -0.05) is 31.2 Å². The first-order chi connectivity index (χ1) is 11.1. The molecule has 0 bridgehead atoms. The molecule has 2 aromatic carbocycles. The lowest BCUT2D eigenvalue weighted by molar-refractivity contribution is 0.0600. The number of esters is 1. The van der Waals surface area contributed by atoms with Crippen LogP contribution in [0.1, 0.15) is 40.9 Å². The van der Waals surface area contributed by atoms with E-state index in [0.717, 1.165) is 23.3 Å². The first-order valence-corrected chi connectivity index (χ1v) is 7.71. The predicted molar refractivity (Wildman–Crippen MR) is 92.6 cm³/mol. The largest absolute Gasteiger partial charge is 0.465 e. The van der Waals surface area contributed by atoms with Crippen molar-refractivity contribution in [2.45, 2.75) is 27.2 Å². The van der Waals surface area contributed by atoms with Crippen LogP contribution in [-0.4, -0.2) is 13.1 Å². The molecule has 3 nitrogen and oxygen atoms in total. The third-order valence-electron chi connectivity index (χ3n) is 3.71. The molecule has 0 spiro atoms. The highest BCUT2D eigenvalue weighted by Crippen LogP contribution is 2.26. The van der Waals surface area contributed by atoms with E-state index in [9.17, 15) is 4.79 Å². The molecule has 0 aliphatic rings. The van der Waals surface area contributed by atoms with E-state index in [1.54, 1.807) is 12.1 Å². The van der Waals surface area contributed by atoms with E-state index in [2.05, 4.69) is 25.1 Å². The minimum Gasteiger partial charge on any atom is -0.465 e. The SMILES string of the molecule is CC=C(Oc1cc(CC)ccc1C)c1cccc(C(=O)OC)c1. The summed E-state index contributed by atoms with van der Waals surface area (Å²) in [6.07, 6.45) is 2.86. The fraction of sp³-hybridized carbons (Fsp3) is 0.250. The highest BCUT2D eigenvalue weighted by molar-refractivity contribution is 5.90. The van der Waals surface area contributed by atoms with Gasteiger partial charge in [0.25, 0.3) is 0 Å². The maximum atomic E-state index is 11.7. The number of hydrogen-bond donors (Lipinski definition) is 0. The Hall–Kier alpha value is -2.55. The monoisotopic (exact) mass is 310 g/mol. The van der Waals surface area contributed by atoms with Gasteiger partial charge < -0.3 is 9.47 Å². The highest BCUT2D eigenvalue weighted by atomic mass is 16.5. The fourth-order valence-corrected chi connectivity index (χ4v) is 2.29. The Labute approximate surface area is 137 Å². The number of rotatable bonds is 5. The Morgan fingerprint density at radius 3 is 2.52 bits per heavy atom. The number of hydrogen-bond acceptors (Lipinski definition) is 3. The second kappa shape index (κ2) is 7.63. The topological polar surface area (TPSA) is 35.5 Å². The van der Waals surface area contributed by atoms with Crippen molar-refractivity contribution in [3.63, 3.8) is 0 Å². The van der Waals surface area contributed by atoms with Crippen molar-refractivity contribution in [3.05, 3.63) is 70.8 Å². The minimum absolute atomic E-state index is 0.355. The van der Waals surface area contributed by atoms with Gasteiger partial charge in [-0.05, 0) is 55.7 Å². The molecule has 0 unspecified atom stereocenters. The Kier molecular flexibility index (Phi) is 5.58. The molecule has 0 fully saturated rings. The molecule has 0 N–H and O–H groups in total. The van der Waals surface area contributed by atoms with E-state index in [1.165, 1.54) is 12.7 Å². The number of carbonyl (C=O) groups excluding carboxylic acids is 1. The molecule has 0 aromatic heterocycles. The van der Waals surface area contributed by atoms with Crippen LogP contribution >= 0.6 is 0 Å². The number of benzene rings is 2. The van der Waals surface area contributed by atoms with Gasteiger partial charge in [0.1, 0.15) is 11.5 Å². The van der Waals surface area contributed by atoms with Crippen LogP contribution in [-0.2, 0) is 11.2 Å². The number of aryl methyl sites for hydroxylation is 2. The molecule has 0 radical (unpaired) electrons. The molecule has 0 aliphatic heterocycles. The third-order valence-corrected chi connectivity index (χ3v) is 3.71. The quantitative estimate of drug-likeness (QED) is 0.588. The molecule has 0 saturated carbocycles. The van der Waals surface area contributed by atoms with Gasteiger partial charge in [-0.25, -0.2) is 4.79 Å². The average Bonchev–Trinajstić information content (AvgIpc) is 2.60. The second-order valence-electron chi connectivity index (χ2n) is 5.28. The summed E-state index contributed by atoms with van der Waals surface area (Å²) >= 11 is 0. The van der Waals surface area contributed by atoms with Gasteiger partial charge in [-0.15, -0.1) is 0 Å². The lowest BCUT2D eigenvalue weighted by Crippen LogP contribution is -2.03. The molecule has 0 heterocycles. The lowest BCUT2D eigenvalue weighted by Gasteiger charge is -2.14. The molecule has 23 heavy (non-hydrogen) atoms. The number of carbonyl (C=O) groups is 1. The minimum atomic E-state index is -0.355. The van der Waals surface area contributed by atoms with Gasteiger partial charge in [-0.3, -0.25) is 0 Å². The fourth-order valence-electron chi connectivity index (χ4n) is 2.29. The summed E-state index contributed by atoms with van der Waals surface area (Å²) in [5.74, 6) is 1.19. The molecular weight excluding hydrogens is 288 g/mol. The zero-order valence-electron chi connectivity index (χ0n) is 14.1. The zero-order chi connectivity index (χ0) is 16.8. The van der Waals surface area contributed by atoms with Crippen molar-refractivity contribution in [2.24, 2.45) is 0 Å². The molecule has 0 atom stereocenters. The first-order valence-electron chi connectivity index (χ1n) is 7.71. The van der Waals surface area contributed by atoms with Crippen LogP contribution in [0.2, 0.25) is 0 Å². The Balaban J connectivity index is 2.33. The van der Waals surface area contributed by atoms with Gasteiger partial charge in [-0.2, -0.15) is 0 Å². The highest BCUT2D eigenvalue weighted by Gasteiger charge is 2.11. The van der Waals surface area contributed by atoms with Crippen LogP contribution in [0.5, 0.6) is 5.75 Å². The van der Waals surface area contributed by atoms with E-state index in [4.69, 9.17) is 9.47 Å². The van der Waals surface area contributed by atoms with Crippen molar-refractivity contribution in [1.29, 1.82) is 0 Å². The number of ether oxygens (including phenoxy) is 2. The normalized spacial score (nSPS) is 11.2. The summed E-state index contributed by atoms with van der Waals surface area (Å²) in [6, 6.07) is 13.5. The molecule has 2 aromatic rings. The van der Waals surface area contributed by atoms with Crippen LogP contribution in [0.15, 0.2) is 48.5 Å². The second-order valence-corrected chi connectivity index (χ2v) is 5.28. The van der Waals surface area contributed by atoms with Gasteiger partial charge >= 0.3 is 5.97 Å². The van der Waals surface area contributed by atoms with Crippen LogP contribution < -0.4 is 4.74 Å². The van der Waals surface area contributed by atoms with Crippen molar-refractivity contribution in [2.75, 3.05) is 7.11 Å².